The molecule has 3 aromatic carbocycles. The van der Waals surface area contributed by atoms with Gasteiger partial charge in [0.05, 0.1) is 10.4 Å². The fourth-order valence-electron chi connectivity index (χ4n) is 3.21. The number of oxazole rings is 1. The molecule has 0 saturated heterocycles. The van der Waals surface area contributed by atoms with E-state index < -0.39 is 15.9 Å². The molecule has 8 nitrogen and oxygen atoms in total. The molecule has 0 saturated carbocycles. The van der Waals surface area contributed by atoms with E-state index in [2.05, 4.69) is 5.32 Å². The van der Waals surface area contributed by atoms with Gasteiger partial charge in [-0.15, -0.1) is 0 Å². The molecule has 10 heteroatoms. The van der Waals surface area contributed by atoms with Crippen molar-refractivity contribution in [2.24, 2.45) is 0 Å². The van der Waals surface area contributed by atoms with Crippen molar-refractivity contribution in [1.82, 2.24) is 9.29 Å². The van der Waals surface area contributed by atoms with Crippen LogP contribution in [0.15, 0.2) is 88.2 Å². The quantitative estimate of drug-likeness (QED) is 0.385. The van der Waals surface area contributed by atoms with Gasteiger partial charge in [-0.2, -0.15) is 0 Å². The lowest BCUT2D eigenvalue weighted by Gasteiger charge is -2.09. The second-order valence-electron chi connectivity index (χ2n) is 7.11. The minimum Gasteiger partial charge on any atom is -0.429 e. The lowest BCUT2D eigenvalue weighted by molar-refractivity contribution is -0.116. The zero-order chi connectivity index (χ0) is 23.4. The van der Waals surface area contributed by atoms with Crippen LogP contribution in [-0.2, 0) is 21.4 Å². The number of hydrogen-bond donors (Lipinski definition) is 2. The summed E-state index contributed by atoms with van der Waals surface area (Å²) in [6.07, 6.45) is 0.144. The number of amides is 2. The molecular weight excluding hydrogens is 462 g/mol. The molecule has 0 aliphatic rings. The van der Waals surface area contributed by atoms with Crippen LogP contribution in [0.2, 0.25) is 0 Å². The number of nitrogens with zero attached hydrogens (tertiary/aromatic N) is 1. The molecule has 2 N–H and O–H groups in total. The molecule has 0 aliphatic carbocycles. The van der Waals surface area contributed by atoms with Crippen LogP contribution < -0.4 is 10.0 Å². The van der Waals surface area contributed by atoms with Crippen LogP contribution in [0.4, 0.5) is 5.69 Å². The first-order valence-electron chi connectivity index (χ1n) is 9.94. The van der Waals surface area contributed by atoms with Gasteiger partial charge in [-0.05, 0) is 60.7 Å². The Kier molecular flexibility index (Phi) is 6.38. The van der Waals surface area contributed by atoms with Gasteiger partial charge in [0.25, 0.3) is 20.8 Å². The number of fused-ring (bicyclic) bond motifs is 1. The number of nitrogens with one attached hydrogen (secondary N) is 2. The highest BCUT2D eigenvalue weighted by Gasteiger charge is 2.18. The molecule has 1 aromatic heterocycles. The summed E-state index contributed by atoms with van der Waals surface area (Å²) in [5.74, 6) is -0.992. The van der Waals surface area contributed by atoms with Crippen molar-refractivity contribution in [1.29, 1.82) is 0 Å². The number of carbonyl (C=O) groups excluding carboxylic acids is 2. The Bertz CT molecular complexity index is 1470. The van der Waals surface area contributed by atoms with Crippen molar-refractivity contribution < 1.29 is 22.4 Å². The lowest BCUT2D eigenvalue weighted by atomic mass is 10.2. The minimum atomic E-state index is -4.06. The van der Waals surface area contributed by atoms with E-state index in [1.807, 2.05) is 22.9 Å². The minimum absolute atomic E-state index is 0.0963. The summed E-state index contributed by atoms with van der Waals surface area (Å²) < 4.78 is 34.2. The molecular formula is C23H19N3O5S2. The number of para-hydroxylation sites is 2. The summed E-state index contributed by atoms with van der Waals surface area (Å²) in [7, 11) is -4.06. The van der Waals surface area contributed by atoms with Crippen molar-refractivity contribution in [3.8, 4) is 0 Å². The highest BCUT2D eigenvalue weighted by molar-refractivity contribution is 7.90. The van der Waals surface area contributed by atoms with Gasteiger partial charge in [0.15, 0.2) is 5.58 Å². The molecule has 0 radical (unpaired) electrons. The zero-order valence-corrected chi connectivity index (χ0v) is 18.9. The van der Waals surface area contributed by atoms with Gasteiger partial charge in [0, 0.05) is 24.2 Å². The predicted molar refractivity (Wildman–Crippen MR) is 126 cm³/mol. The van der Waals surface area contributed by atoms with Crippen LogP contribution in [0.5, 0.6) is 0 Å². The molecule has 1 heterocycles. The van der Waals surface area contributed by atoms with E-state index in [-0.39, 0.29) is 27.6 Å². The van der Waals surface area contributed by atoms with Gasteiger partial charge in [-0.3, -0.25) is 14.2 Å². The maximum Gasteiger partial charge on any atom is 0.269 e. The normalized spacial score (nSPS) is 11.3. The van der Waals surface area contributed by atoms with E-state index in [0.29, 0.717) is 17.8 Å². The van der Waals surface area contributed by atoms with Crippen LogP contribution in [0.1, 0.15) is 16.8 Å². The lowest BCUT2D eigenvalue weighted by Crippen LogP contribution is -2.30. The third kappa shape index (κ3) is 5.18. The monoisotopic (exact) mass is 481 g/mol. The van der Waals surface area contributed by atoms with E-state index in [9.17, 15) is 18.0 Å². The fraction of sp³-hybridized carbons (Fsp3) is 0.0870. The maximum atomic E-state index is 12.5. The van der Waals surface area contributed by atoms with Crippen LogP contribution in [-0.4, -0.2) is 24.8 Å². The summed E-state index contributed by atoms with van der Waals surface area (Å²) >= 11 is 5.22. The number of rotatable bonds is 7. The molecule has 0 bridgehead atoms. The second kappa shape index (κ2) is 9.39. The summed E-state index contributed by atoms with van der Waals surface area (Å²) in [5.41, 5.74) is 2.12. The highest BCUT2D eigenvalue weighted by Crippen LogP contribution is 2.18. The molecule has 0 spiro atoms. The molecule has 0 fully saturated rings. The molecule has 4 aromatic rings. The predicted octanol–water partition coefficient (Wildman–Crippen LogP) is 4.11. The van der Waals surface area contributed by atoms with Gasteiger partial charge in [0.2, 0.25) is 5.91 Å². The van der Waals surface area contributed by atoms with Gasteiger partial charge in [-0.1, -0.05) is 30.3 Å². The average Bonchev–Trinajstić information content (AvgIpc) is 3.13. The first kappa shape index (κ1) is 22.4. The Hall–Kier alpha value is -3.76. The van der Waals surface area contributed by atoms with Crippen molar-refractivity contribution in [2.75, 3.05) is 5.32 Å². The Balaban J connectivity index is 1.37. The SMILES string of the molecule is O=C(CCn1c(=S)oc2ccccc21)Nc1ccc(S(=O)(=O)NC(=O)c2ccccc2)cc1. The number of carbonyl (C=O) groups is 2. The molecule has 0 unspecified atom stereocenters. The second-order valence-corrected chi connectivity index (χ2v) is 9.14. The summed E-state index contributed by atoms with van der Waals surface area (Å²) in [5, 5.41) is 2.72. The number of sulfonamides is 1. The highest BCUT2D eigenvalue weighted by atomic mass is 32.2. The third-order valence-corrected chi connectivity index (χ3v) is 6.50. The van der Waals surface area contributed by atoms with Crippen LogP contribution in [0, 0.1) is 4.84 Å². The van der Waals surface area contributed by atoms with Crippen molar-refractivity contribution in [3.05, 3.63) is 89.3 Å². The topological polar surface area (TPSA) is 110 Å². The Morgan fingerprint density at radius 2 is 1.58 bits per heavy atom. The Morgan fingerprint density at radius 3 is 2.30 bits per heavy atom. The van der Waals surface area contributed by atoms with E-state index in [1.54, 1.807) is 28.8 Å². The summed E-state index contributed by atoms with van der Waals surface area (Å²) in [4.78, 5) is 24.7. The fourth-order valence-corrected chi connectivity index (χ4v) is 4.46. The molecule has 33 heavy (non-hydrogen) atoms. The molecule has 0 atom stereocenters. The van der Waals surface area contributed by atoms with E-state index in [0.717, 1.165) is 5.52 Å². The van der Waals surface area contributed by atoms with Crippen LogP contribution >= 0.6 is 12.2 Å². The first-order chi connectivity index (χ1) is 15.8. The van der Waals surface area contributed by atoms with E-state index in [1.165, 1.54) is 36.4 Å². The Morgan fingerprint density at radius 1 is 0.909 bits per heavy atom. The van der Waals surface area contributed by atoms with Crippen LogP contribution in [0.3, 0.4) is 0 Å². The maximum absolute atomic E-state index is 12.5. The number of benzene rings is 3. The standard InChI is InChI=1S/C23H19N3O5S2/c27-21(14-15-26-19-8-4-5-9-20(19)31-23(26)32)24-17-10-12-18(13-11-17)33(29,30)25-22(28)16-6-2-1-3-7-16/h1-13H,14-15H2,(H,24,27)(H,25,28). The summed E-state index contributed by atoms with van der Waals surface area (Å²) in [6, 6.07) is 21.0. The molecule has 168 valence electrons. The van der Waals surface area contributed by atoms with Crippen molar-refractivity contribution >= 4 is 50.8 Å². The van der Waals surface area contributed by atoms with Crippen LogP contribution in [0.25, 0.3) is 11.1 Å². The molecule has 2 amide bonds. The number of aryl methyl sites for hydroxylation is 1. The van der Waals surface area contributed by atoms with Crippen molar-refractivity contribution in [3.63, 3.8) is 0 Å². The van der Waals surface area contributed by atoms with Gasteiger partial charge < -0.3 is 9.73 Å². The average molecular weight is 482 g/mol. The third-order valence-electron chi connectivity index (χ3n) is 4.85. The van der Waals surface area contributed by atoms with Gasteiger partial charge in [0.1, 0.15) is 0 Å². The smallest absolute Gasteiger partial charge is 0.269 e. The van der Waals surface area contributed by atoms with Gasteiger partial charge >= 0.3 is 0 Å². The first-order valence-corrected chi connectivity index (χ1v) is 11.8. The van der Waals surface area contributed by atoms with E-state index >= 15 is 0 Å². The number of hydrogen-bond acceptors (Lipinski definition) is 6. The van der Waals surface area contributed by atoms with E-state index in [4.69, 9.17) is 16.6 Å². The largest absolute Gasteiger partial charge is 0.429 e. The zero-order valence-electron chi connectivity index (χ0n) is 17.2. The molecule has 0 aliphatic heterocycles. The number of aromatic nitrogens is 1. The van der Waals surface area contributed by atoms with Crippen molar-refractivity contribution in [2.45, 2.75) is 17.9 Å². The Labute approximate surface area is 194 Å². The number of anilines is 1. The van der Waals surface area contributed by atoms with Gasteiger partial charge in [-0.25, -0.2) is 13.1 Å². The summed E-state index contributed by atoms with van der Waals surface area (Å²) in [6.45, 7) is 0.333. The molecule has 4 rings (SSSR count).